The summed E-state index contributed by atoms with van der Waals surface area (Å²) < 4.78 is 59.4. The third kappa shape index (κ3) is 3.50. The number of phenolic OH excluding ortho intramolecular Hbond substituents is 1. The number of benzene rings is 3. The number of sulfonamides is 1. The van der Waals surface area contributed by atoms with E-state index in [1.807, 2.05) is 0 Å². The number of hydrogen-bond donors (Lipinski definition) is 3. The SMILES string of the molecule is Cc1ccccc1NS(=O)(=O)c1cc2cc(S(=O)(=O)O)ccc2cc1O. The largest absolute Gasteiger partial charge is 0.506 e. The van der Waals surface area contributed by atoms with Crippen molar-refractivity contribution in [2.45, 2.75) is 16.7 Å². The molecule has 0 saturated heterocycles. The first kappa shape index (κ1) is 18.2. The van der Waals surface area contributed by atoms with Gasteiger partial charge in [-0.1, -0.05) is 24.3 Å². The number of hydrogen-bond acceptors (Lipinski definition) is 5. The van der Waals surface area contributed by atoms with Crippen molar-refractivity contribution < 1.29 is 26.5 Å². The molecule has 0 fully saturated rings. The summed E-state index contributed by atoms with van der Waals surface area (Å²) in [5.41, 5.74) is 1.06. The Morgan fingerprint density at radius 1 is 0.885 bits per heavy atom. The second-order valence-electron chi connectivity index (χ2n) is 5.72. The van der Waals surface area contributed by atoms with E-state index in [-0.39, 0.29) is 10.3 Å². The minimum atomic E-state index is -4.43. The summed E-state index contributed by atoms with van der Waals surface area (Å²) in [6.07, 6.45) is 0. The Balaban J connectivity index is 2.14. The van der Waals surface area contributed by atoms with Gasteiger partial charge in [-0.2, -0.15) is 8.42 Å². The van der Waals surface area contributed by atoms with Crippen LogP contribution in [0.1, 0.15) is 5.56 Å². The molecule has 0 amide bonds. The Morgan fingerprint density at radius 3 is 2.23 bits per heavy atom. The van der Waals surface area contributed by atoms with Crippen LogP contribution in [0.4, 0.5) is 5.69 Å². The molecule has 26 heavy (non-hydrogen) atoms. The van der Waals surface area contributed by atoms with Crippen LogP contribution in [0, 0.1) is 6.92 Å². The van der Waals surface area contributed by atoms with Gasteiger partial charge in [-0.05, 0) is 53.6 Å². The molecule has 136 valence electrons. The van der Waals surface area contributed by atoms with Crippen molar-refractivity contribution in [1.82, 2.24) is 0 Å². The fraction of sp³-hybridized carbons (Fsp3) is 0.0588. The summed E-state index contributed by atoms with van der Waals surface area (Å²) in [5.74, 6) is -0.474. The van der Waals surface area contributed by atoms with E-state index in [1.54, 1.807) is 31.2 Å². The smallest absolute Gasteiger partial charge is 0.294 e. The lowest BCUT2D eigenvalue weighted by Crippen LogP contribution is -2.14. The number of phenols is 1. The first-order valence-electron chi connectivity index (χ1n) is 7.41. The number of fused-ring (bicyclic) bond motifs is 1. The zero-order valence-electron chi connectivity index (χ0n) is 13.5. The van der Waals surface area contributed by atoms with Gasteiger partial charge in [-0.25, -0.2) is 8.42 Å². The second-order valence-corrected chi connectivity index (χ2v) is 8.80. The molecule has 0 bridgehead atoms. The van der Waals surface area contributed by atoms with E-state index >= 15 is 0 Å². The first-order chi connectivity index (χ1) is 12.1. The van der Waals surface area contributed by atoms with E-state index in [9.17, 15) is 21.9 Å². The molecule has 0 heterocycles. The maximum absolute atomic E-state index is 12.7. The summed E-state index contributed by atoms with van der Waals surface area (Å²) >= 11 is 0. The van der Waals surface area contributed by atoms with Crippen LogP contribution in [-0.4, -0.2) is 26.5 Å². The van der Waals surface area contributed by atoms with Crippen LogP contribution in [0.25, 0.3) is 10.8 Å². The summed E-state index contributed by atoms with van der Waals surface area (Å²) in [6.45, 7) is 1.73. The topological polar surface area (TPSA) is 121 Å². The summed E-state index contributed by atoms with van der Waals surface area (Å²) in [4.78, 5) is -0.772. The first-order valence-corrected chi connectivity index (χ1v) is 10.3. The number of aromatic hydroxyl groups is 1. The maximum atomic E-state index is 12.7. The highest BCUT2D eigenvalue weighted by Crippen LogP contribution is 2.31. The Labute approximate surface area is 150 Å². The van der Waals surface area contributed by atoms with Crippen LogP contribution in [-0.2, 0) is 20.1 Å². The van der Waals surface area contributed by atoms with Crippen LogP contribution >= 0.6 is 0 Å². The predicted molar refractivity (Wildman–Crippen MR) is 97.4 cm³/mol. The van der Waals surface area contributed by atoms with Gasteiger partial charge in [0.25, 0.3) is 20.1 Å². The van der Waals surface area contributed by atoms with Crippen molar-refractivity contribution in [3.05, 3.63) is 60.2 Å². The predicted octanol–water partition coefficient (Wildman–Crippen LogP) is 2.90. The average Bonchev–Trinajstić information content (AvgIpc) is 2.54. The molecule has 0 aliphatic heterocycles. The summed E-state index contributed by atoms with van der Waals surface area (Å²) in [7, 11) is -8.55. The highest BCUT2D eigenvalue weighted by atomic mass is 32.2. The third-order valence-corrected chi connectivity index (χ3v) is 6.11. The lowest BCUT2D eigenvalue weighted by molar-refractivity contribution is 0.460. The van der Waals surface area contributed by atoms with Crippen molar-refractivity contribution in [2.24, 2.45) is 0 Å². The van der Waals surface area contributed by atoms with Crippen LogP contribution < -0.4 is 4.72 Å². The molecule has 0 aliphatic carbocycles. The highest BCUT2D eigenvalue weighted by Gasteiger charge is 2.21. The van der Waals surface area contributed by atoms with Crippen molar-refractivity contribution in [2.75, 3.05) is 4.72 Å². The molecular weight excluding hydrogens is 378 g/mol. The zero-order valence-corrected chi connectivity index (χ0v) is 15.2. The highest BCUT2D eigenvalue weighted by molar-refractivity contribution is 7.92. The second kappa shape index (κ2) is 6.27. The van der Waals surface area contributed by atoms with Crippen LogP contribution in [0.15, 0.2) is 64.4 Å². The quantitative estimate of drug-likeness (QED) is 0.586. The van der Waals surface area contributed by atoms with Crippen LogP contribution in [0.3, 0.4) is 0 Å². The molecule has 0 spiro atoms. The lowest BCUT2D eigenvalue weighted by Gasteiger charge is -2.12. The van der Waals surface area contributed by atoms with E-state index in [0.717, 1.165) is 18.2 Å². The molecule has 7 nitrogen and oxygen atoms in total. The zero-order chi connectivity index (χ0) is 19.1. The van der Waals surface area contributed by atoms with E-state index < -0.39 is 30.8 Å². The van der Waals surface area contributed by atoms with Crippen molar-refractivity contribution in [3.63, 3.8) is 0 Å². The van der Waals surface area contributed by atoms with Gasteiger partial charge in [-0.15, -0.1) is 0 Å². The van der Waals surface area contributed by atoms with E-state index in [2.05, 4.69) is 4.72 Å². The van der Waals surface area contributed by atoms with Crippen LogP contribution in [0.2, 0.25) is 0 Å². The lowest BCUT2D eigenvalue weighted by atomic mass is 10.1. The van der Waals surface area contributed by atoms with Gasteiger partial charge in [0.15, 0.2) is 0 Å². The van der Waals surface area contributed by atoms with Crippen molar-refractivity contribution >= 4 is 36.6 Å². The molecule has 0 atom stereocenters. The number of rotatable bonds is 4. The van der Waals surface area contributed by atoms with Gasteiger partial charge in [0.1, 0.15) is 10.6 Å². The molecule has 0 radical (unpaired) electrons. The Bertz CT molecular complexity index is 1220. The fourth-order valence-corrected chi connectivity index (χ4v) is 4.27. The molecule has 0 aliphatic rings. The molecular formula is C17H15NO6S2. The van der Waals surface area contributed by atoms with Gasteiger partial charge in [0.05, 0.1) is 10.6 Å². The third-order valence-electron chi connectivity index (χ3n) is 3.87. The summed E-state index contributed by atoms with van der Waals surface area (Å²) in [5, 5.41) is 10.8. The Hall–Kier alpha value is -2.62. The number of nitrogens with one attached hydrogen (secondary N) is 1. The molecule has 3 aromatic carbocycles. The molecule has 9 heteroatoms. The van der Waals surface area contributed by atoms with E-state index in [4.69, 9.17) is 4.55 Å². The number of para-hydroxylation sites is 1. The summed E-state index contributed by atoms with van der Waals surface area (Å²) in [6, 6.07) is 12.8. The standard InChI is InChI=1S/C17H15NO6S2/c1-11-4-2-3-5-15(11)18-25(20,21)17-10-13-8-14(26(22,23)24)7-6-12(13)9-16(17)19/h2-10,18-19H,1H3,(H,22,23,24). The van der Waals surface area contributed by atoms with Gasteiger partial charge in [0.2, 0.25) is 0 Å². The minimum absolute atomic E-state index is 0.239. The normalized spacial score (nSPS) is 12.2. The molecule has 3 aromatic rings. The molecule has 3 N–H and O–H groups in total. The average molecular weight is 393 g/mol. The fourth-order valence-electron chi connectivity index (χ4n) is 2.51. The van der Waals surface area contributed by atoms with E-state index in [1.165, 1.54) is 12.1 Å². The van der Waals surface area contributed by atoms with Gasteiger partial charge in [-0.3, -0.25) is 9.27 Å². The minimum Gasteiger partial charge on any atom is -0.506 e. The number of aryl methyl sites for hydroxylation is 1. The molecule has 0 aromatic heterocycles. The number of anilines is 1. The maximum Gasteiger partial charge on any atom is 0.294 e. The van der Waals surface area contributed by atoms with Crippen LogP contribution in [0.5, 0.6) is 5.75 Å². The molecule has 0 unspecified atom stereocenters. The van der Waals surface area contributed by atoms with Crippen molar-refractivity contribution in [3.8, 4) is 5.75 Å². The van der Waals surface area contributed by atoms with E-state index in [0.29, 0.717) is 16.6 Å². The monoisotopic (exact) mass is 393 g/mol. The van der Waals surface area contributed by atoms with Gasteiger partial charge >= 0.3 is 0 Å². The Kier molecular flexibility index (Phi) is 4.39. The van der Waals surface area contributed by atoms with Gasteiger partial charge in [0, 0.05) is 0 Å². The van der Waals surface area contributed by atoms with Gasteiger partial charge < -0.3 is 5.11 Å². The Morgan fingerprint density at radius 2 is 1.58 bits per heavy atom. The van der Waals surface area contributed by atoms with Crippen molar-refractivity contribution in [1.29, 1.82) is 0 Å². The molecule has 3 rings (SSSR count). The molecule has 0 saturated carbocycles.